The summed E-state index contributed by atoms with van der Waals surface area (Å²) in [5.41, 5.74) is 12.2. The molecule has 4 amide bonds. The van der Waals surface area contributed by atoms with E-state index in [9.17, 15) is 34.2 Å². The van der Waals surface area contributed by atoms with Crippen molar-refractivity contribution in [3.05, 3.63) is 36.0 Å². The number of hydrogen-bond acceptors (Lipinski definition) is 8. The Morgan fingerprint density at radius 2 is 1.67 bits per heavy atom. The fourth-order valence-corrected chi connectivity index (χ4v) is 3.58. The number of aliphatic hydroxyl groups excluding tert-OH is 1. The predicted octanol–water partition coefficient (Wildman–Crippen LogP) is -2.24. The van der Waals surface area contributed by atoms with Gasteiger partial charge in [-0.25, -0.2) is 4.79 Å². The number of carboxylic acids is 1. The topological polar surface area (TPSA) is 230 Å². The third-order valence-corrected chi connectivity index (χ3v) is 5.74. The van der Waals surface area contributed by atoms with Crippen molar-refractivity contribution >= 4 is 53.1 Å². The van der Waals surface area contributed by atoms with Gasteiger partial charge in [-0.2, -0.15) is 12.6 Å². The van der Waals surface area contributed by atoms with Crippen molar-refractivity contribution in [2.75, 3.05) is 5.75 Å². The smallest absolute Gasteiger partial charge is 0.326 e. The van der Waals surface area contributed by atoms with E-state index in [-0.39, 0.29) is 12.2 Å². The van der Waals surface area contributed by atoms with E-state index in [0.717, 1.165) is 10.9 Å². The van der Waals surface area contributed by atoms with Crippen molar-refractivity contribution in [3.8, 4) is 0 Å². The first-order valence-electron chi connectivity index (χ1n) is 11.0. The van der Waals surface area contributed by atoms with Crippen LogP contribution in [0.25, 0.3) is 10.9 Å². The summed E-state index contributed by atoms with van der Waals surface area (Å²) in [6.45, 7) is 1.21. The summed E-state index contributed by atoms with van der Waals surface area (Å²) in [5.74, 6) is -5.03. The Kier molecular flexibility index (Phi) is 10.3. The number of rotatable bonds is 13. The van der Waals surface area contributed by atoms with E-state index in [1.54, 1.807) is 6.20 Å². The molecule has 2 rings (SSSR count). The van der Waals surface area contributed by atoms with Crippen molar-refractivity contribution < 1.29 is 34.2 Å². The van der Waals surface area contributed by atoms with Crippen molar-refractivity contribution in [3.63, 3.8) is 0 Å². The summed E-state index contributed by atoms with van der Waals surface area (Å²) < 4.78 is 0. The third-order valence-electron chi connectivity index (χ3n) is 5.35. The van der Waals surface area contributed by atoms with Gasteiger partial charge in [0.25, 0.3) is 0 Å². The highest BCUT2D eigenvalue weighted by atomic mass is 32.1. The number of carbonyl (C=O) groups is 5. The number of thiol groups is 1. The molecular formula is C22H30N6O7S. The van der Waals surface area contributed by atoms with E-state index in [4.69, 9.17) is 11.5 Å². The maximum atomic E-state index is 13.2. The number of H-pyrrole nitrogens is 1. The number of amides is 4. The van der Waals surface area contributed by atoms with Gasteiger partial charge in [-0.3, -0.25) is 19.2 Å². The lowest BCUT2D eigenvalue weighted by atomic mass is 10.0. The summed E-state index contributed by atoms with van der Waals surface area (Å²) in [4.78, 5) is 63.9. The molecule has 0 saturated carbocycles. The Morgan fingerprint density at radius 3 is 2.25 bits per heavy atom. The number of nitrogens with two attached hydrogens (primary N) is 2. The number of carbonyl (C=O) groups excluding carboxylic acids is 4. The van der Waals surface area contributed by atoms with E-state index in [0.29, 0.717) is 5.56 Å². The highest BCUT2D eigenvalue weighted by Crippen LogP contribution is 2.19. The van der Waals surface area contributed by atoms with Gasteiger partial charge in [0.05, 0.1) is 18.6 Å². The second-order valence-corrected chi connectivity index (χ2v) is 8.58. The first-order valence-corrected chi connectivity index (χ1v) is 11.6. The molecule has 1 aromatic carbocycles. The van der Waals surface area contributed by atoms with Crippen LogP contribution in [0.4, 0.5) is 0 Å². The number of aromatic amines is 1. The molecule has 0 spiro atoms. The molecule has 0 bridgehead atoms. The lowest BCUT2D eigenvalue weighted by molar-refractivity contribution is -0.144. The first-order chi connectivity index (χ1) is 16.9. The van der Waals surface area contributed by atoms with Crippen molar-refractivity contribution in [2.24, 2.45) is 11.5 Å². The monoisotopic (exact) mass is 522 g/mol. The number of aliphatic carboxylic acids is 1. The number of aliphatic hydroxyl groups is 1. The van der Waals surface area contributed by atoms with E-state index in [1.807, 2.05) is 24.3 Å². The minimum Gasteiger partial charge on any atom is -0.480 e. The maximum absolute atomic E-state index is 13.2. The van der Waals surface area contributed by atoms with Gasteiger partial charge in [0, 0.05) is 29.3 Å². The molecule has 5 atom stereocenters. The average molecular weight is 523 g/mol. The molecule has 10 N–H and O–H groups in total. The summed E-state index contributed by atoms with van der Waals surface area (Å²) in [5, 5.41) is 27.1. The van der Waals surface area contributed by atoms with Crippen LogP contribution in [-0.2, 0) is 30.4 Å². The standard InChI is InChI=1S/C22H30N6O7S/c1-10(29)18(21(33)27-16(22(34)35)7-17(24)30)28-20(32)15(26-19(31)13(23)9-36)6-11-8-25-14-5-3-2-4-12(11)14/h2-5,8,10,13,15-16,18,25,29,36H,6-7,9,23H2,1H3,(H2,24,30)(H,26,31)(H,27,33)(H,28,32)(H,34,35). The van der Waals surface area contributed by atoms with Crippen molar-refractivity contribution in [1.82, 2.24) is 20.9 Å². The number of fused-ring (bicyclic) bond motifs is 1. The van der Waals surface area contributed by atoms with Crippen molar-refractivity contribution in [1.29, 1.82) is 0 Å². The van der Waals surface area contributed by atoms with Crippen LogP contribution < -0.4 is 27.4 Å². The summed E-state index contributed by atoms with van der Waals surface area (Å²) in [6, 6.07) is 1.81. The maximum Gasteiger partial charge on any atom is 0.326 e. The number of carboxylic acid groups (broad SMARTS) is 1. The van der Waals surface area contributed by atoms with Gasteiger partial charge in [0.15, 0.2) is 0 Å². The molecule has 36 heavy (non-hydrogen) atoms. The average Bonchev–Trinajstić information content (AvgIpc) is 3.22. The van der Waals surface area contributed by atoms with Gasteiger partial charge in [0.2, 0.25) is 23.6 Å². The SMILES string of the molecule is CC(O)C(NC(=O)C(Cc1c[nH]c2ccccc12)NC(=O)C(N)CS)C(=O)NC(CC(N)=O)C(=O)O. The number of aromatic nitrogens is 1. The van der Waals surface area contributed by atoms with E-state index in [2.05, 4.69) is 33.6 Å². The molecule has 0 saturated heterocycles. The Hall–Kier alpha value is -3.62. The zero-order chi connectivity index (χ0) is 27.0. The molecule has 196 valence electrons. The Morgan fingerprint density at radius 1 is 1.03 bits per heavy atom. The Labute approximate surface area is 211 Å². The number of nitrogens with one attached hydrogen (secondary N) is 4. The molecule has 0 aliphatic rings. The van der Waals surface area contributed by atoms with Crippen LogP contribution in [0.2, 0.25) is 0 Å². The molecule has 0 aliphatic carbocycles. The number of para-hydroxylation sites is 1. The van der Waals surface area contributed by atoms with Gasteiger partial charge in [-0.1, -0.05) is 18.2 Å². The fraction of sp³-hybridized carbons (Fsp3) is 0.409. The molecule has 1 aromatic heterocycles. The number of primary amides is 1. The van der Waals surface area contributed by atoms with Gasteiger partial charge >= 0.3 is 5.97 Å². The van der Waals surface area contributed by atoms with Crippen LogP contribution in [0, 0.1) is 0 Å². The quantitative estimate of drug-likeness (QED) is 0.130. The first kappa shape index (κ1) is 28.6. The zero-order valence-corrected chi connectivity index (χ0v) is 20.3. The molecular weight excluding hydrogens is 492 g/mol. The highest BCUT2D eigenvalue weighted by Gasteiger charge is 2.33. The second-order valence-electron chi connectivity index (χ2n) is 8.21. The highest BCUT2D eigenvalue weighted by molar-refractivity contribution is 7.80. The number of benzene rings is 1. The predicted molar refractivity (Wildman–Crippen MR) is 133 cm³/mol. The largest absolute Gasteiger partial charge is 0.480 e. The summed E-state index contributed by atoms with van der Waals surface area (Å²) >= 11 is 3.99. The Bertz CT molecular complexity index is 1120. The minimum atomic E-state index is -1.66. The zero-order valence-electron chi connectivity index (χ0n) is 19.4. The van der Waals surface area contributed by atoms with Crippen LogP contribution in [0.1, 0.15) is 18.9 Å². The molecule has 0 radical (unpaired) electrons. The molecule has 14 heteroatoms. The Balaban J connectivity index is 2.27. The molecule has 5 unspecified atom stereocenters. The van der Waals surface area contributed by atoms with E-state index < -0.39 is 66.3 Å². The van der Waals surface area contributed by atoms with Crippen LogP contribution >= 0.6 is 12.6 Å². The summed E-state index contributed by atoms with van der Waals surface area (Å²) in [6.07, 6.45) is -0.465. The molecule has 0 fully saturated rings. The van der Waals surface area contributed by atoms with Gasteiger partial charge in [0.1, 0.15) is 18.1 Å². The van der Waals surface area contributed by atoms with Gasteiger partial charge in [-0.05, 0) is 18.6 Å². The van der Waals surface area contributed by atoms with Crippen LogP contribution in [0.5, 0.6) is 0 Å². The summed E-state index contributed by atoms with van der Waals surface area (Å²) in [7, 11) is 0. The third kappa shape index (κ3) is 7.69. The molecule has 1 heterocycles. The molecule has 0 aliphatic heterocycles. The minimum absolute atomic E-state index is 0.00839. The fourth-order valence-electron chi connectivity index (χ4n) is 3.41. The van der Waals surface area contributed by atoms with Crippen LogP contribution in [0.15, 0.2) is 30.5 Å². The normalized spacial score (nSPS) is 15.2. The van der Waals surface area contributed by atoms with Gasteiger partial charge in [-0.15, -0.1) is 0 Å². The lowest BCUT2D eigenvalue weighted by Crippen LogP contribution is -2.60. The van der Waals surface area contributed by atoms with E-state index >= 15 is 0 Å². The molecule has 2 aromatic rings. The van der Waals surface area contributed by atoms with Crippen LogP contribution in [-0.4, -0.2) is 80.8 Å². The van der Waals surface area contributed by atoms with Gasteiger partial charge < -0.3 is 42.6 Å². The number of hydrogen-bond donors (Lipinski definition) is 9. The van der Waals surface area contributed by atoms with E-state index in [1.165, 1.54) is 6.92 Å². The van der Waals surface area contributed by atoms with Crippen LogP contribution in [0.3, 0.4) is 0 Å². The van der Waals surface area contributed by atoms with Crippen molar-refractivity contribution in [2.45, 2.75) is 50.0 Å². The lowest BCUT2D eigenvalue weighted by Gasteiger charge is -2.26. The second kappa shape index (κ2) is 12.9. The molecule has 13 nitrogen and oxygen atoms in total.